The van der Waals surface area contributed by atoms with Gasteiger partial charge in [0, 0.05) is 0 Å². The maximum Gasteiger partial charge on any atom is 0.420 e. The van der Waals surface area contributed by atoms with Crippen LogP contribution in [0.3, 0.4) is 0 Å². The zero-order valence-corrected chi connectivity index (χ0v) is 11.5. The first-order valence-electron chi connectivity index (χ1n) is 6.49. The van der Waals surface area contributed by atoms with E-state index < -0.39 is 17.3 Å². The van der Waals surface area contributed by atoms with Crippen LogP contribution < -0.4 is 14.8 Å². The number of halogens is 3. The number of ether oxygens (including phenoxy) is 2. The molecule has 0 bridgehead atoms. The minimum Gasteiger partial charge on any atom is -0.497 e. The summed E-state index contributed by atoms with van der Waals surface area (Å²) in [7, 11) is 1.34. The van der Waals surface area contributed by atoms with Crippen molar-refractivity contribution in [3.05, 3.63) is 23.8 Å². The van der Waals surface area contributed by atoms with Crippen molar-refractivity contribution in [3.63, 3.8) is 0 Å². The highest BCUT2D eigenvalue weighted by atomic mass is 19.4. The third-order valence-electron chi connectivity index (χ3n) is 3.51. The molecule has 0 radical (unpaired) electrons. The Morgan fingerprint density at radius 1 is 1.20 bits per heavy atom. The standard InChI is InChI=1S/C14H18F3NO2/c1-13(5-7-18-8-6-13)20-12-4-3-10(19-2)9-11(12)14(15,16)17/h3-4,9,18H,5-8H2,1-2H3. The number of methoxy groups -OCH3 is 1. The van der Waals surface area contributed by atoms with Crippen LogP contribution in [0, 0.1) is 0 Å². The monoisotopic (exact) mass is 289 g/mol. The second-order valence-corrected chi connectivity index (χ2v) is 5.16. The summed E-state index contributed by atoms with van der Waals surface area (Å²) in [5, 5.41) is 3.17. The van der Waals surface area contributed by atoms with E-state index in [-0.39, 0.29) is 11.5 Å². The number of rotatable bonds is 3. The van der Waals surface area contributed by atoms with E-state index in [1.165, 1.54) is 19.2 Å². The van der Waals surface area contributed by atoms with Crippen molar-refractivity contribution >= 4 is 0 Å². The lowest BCUT2D eigenvalue weighted by molar-refractivity contribution is -0.140. The second kappa shape index (κ2) is 5.52. The SMILES string of the molecule is COc1ccc(OC2(C)CCNCC2)c(C(F)(F)F)c1. The molecule has 0 amide bonds. The first kappa shape index (κ1) is 15.0. The number of hydrogen-bond donors (Lipinski definition) is 1. The normalized spacial score (nSPS) is 18.6. The number of hydrogen-bond acceptors (Lipinski definition) is 3. The fraction of sp³-hybridized carbons (Fsp3) is 0.571. The molecular weight excluding hydrogens is 271 g/mol. The van der Waals surface area contributed by atoms with Crippen LogP contribution in [-0.4, -0.2) is 25.8 Å². The zero-order valence-electron chi connectivity index (χ0n) is 11.5. The molecule has 0 saturated carbocycles. The fourth-order valence-corrected chi connectivity index (χ4v) is 2.27. The van der Waals surface area contributed by atoms with E-state index >= 15 is 0 Å². The molecule has 1 fully saturated rings. The van der Waals surface area contributed by atoms with Gasteiger partial charge in [0.15, 0.2) is 0 Å². The zero-order chi connectivity index (χ0) is 14.8. The van der Waals surface area contributed by atoms with Crippen LogP contribution in [0.15, 0.2) is 18.2 Å². The van der Waals surface area contributed by atoms with Crippen LogP contribution in [-0.2, 0) is 6.18 Å². The van der Waals surface area contributed by atoms with E-state index in [1.807, 2.05) is 6.92 Å². The van der Waals surface area contributed by atoms with Gasteiger partial charge in [-0.05, 0) is 51.1 Å². The van der Waals surface area contributed by atoms with Crippen molar-refractivity contribution in [1.29, 1.82) is 0 Å². The Bertz CT molecular complexity index is 468. The molecule has 1 saturated heterocycles. The van der Waals surface area contributed by atoms with Crippen LogP contribution >= 0.6 is 0 Å². The van der Waals surface area contributed by atoms with Gasteiger partial charge in [0.25, 0.3) is 0 Å². The first-order chi connectivity index (χ1) is 9.34. The van der Waals surface area contributed by atoms with E-state index in [1.54, 1.807) is 0 Å². The summed E-state index contributed by atoms with van der Waals surface area (Å²) in [5.41, 5.74) is -1.36. The van der Waals surface area contributed by atoms with Gasteiger partial charge in [0.2, 0.25) is 0 Å². The average Bonchev–Trinajstić information content (AvgIpc) is 2.38. The third kappa shape index (κ3) is 3.36. The van der Waals surface area contributed by atoms with Gasteiger partial charge >= 0.3 is 6.18 Å². The maximum atomic E-state index is 13.1. The Balaban J connectivity index is 2.30. The Kier molecular flexibility index (Phi) is 4.13. The number of piperidine rings is 1. The summed E-state index contributed by atoms with van der Waals surface area (Å²) in [4.78, 5) is 0. The van der Waals surface area contributed by atoms with E-state index in [9.17, 15) is 13.2 Å². The summed E-state index contributed by atoms with van der Waals surface area (Å²) in [6, 6.07) is 3.78. The number of nitrogens with one attached hydrogen (secondary N) is 1. The predicted octanol–water partition coefficient (Wildman–Crippen LogP) is 3.23. The van der Waals surface area contributed by atoms with Crippen molar-refractivity contribution in [2.45, 2.75) is 31.5 Å². The molecule has 0 atom stereocenters. The molecule has 2 rings (SSSR count). The van der Waals surface area contributed by atoms with Crippen LogP contribution in [0.1, 0.15) is 25.3 Å². The maximum absolute atomic E-state index is 13.1. The van der Waals surface area contributed by atoms with Crippen LogP contribution in [0.5, 0.6) is 11.5 Å². The van der Waals surface area contributed by atoms with E-state index in [0.717, 1.165) is 19.2 Å². The average molecular weight is 289 g/mol. The molecule has 3 nitrogen and oxygen atoms in total. The van der Waals surface area contributed by atoms with Crippen LogP contribution in [0.25, 0.3) is 0 Å². The molecule has 6 heteroatoms. The topological polar surface area (TPSA) is 30.5 Å². The summed E-state index contributed by atoms with van der Waals surface area (Å²) in [6.07, 6.45) is -3.11. The molecule has 1 aliphatic heterocycles. The predicted molar refractivity (Wildman–Crippen MR) is 69.1 cm³/mol. The van der Waals surface area contributed by atoms with E-state index in [2.05, 4.69) is 5.32 Å². The van der Waals surface area contributed by atoms with Crippen molar-refractivity contribution in [2.75, 3.05) is 20.2 Å². The van der Waals surface area contributed by atoms with Gasteiger partial charge in [-0.2, -0.15) is 13.2 Å². The summed E-state index contributed by atoms with van der Waals surface area (Å²) >= 11 is 0. The molecule has 0 aliphatic carbocycles. The highest BCUT2D eigenvalue weighted by molar-refractivity contribution is 5.42. The van der Waals surface area contributed by atoms with Crippen molar-refractivity contribution in [1.82, 2.24) is 5.32 Å². The Labute approximate surface area is 116 Å². The molecule has 1 aromatic rings. The van der Waals surface area contributed by atoms with Gasteiger partial charge in [-0.25, -0.2) is 0 Å². The highest BCUT2D eigenvalue weighted by Gasteiger charge is 2.37. The van der Waals surface area contributed by atoms with Crippen LogP contribution in [0.4, 0.5) is 13.2 Å². The van der Waals surface area contributed by atoms with Crippen molar-refractivity contribution < 1.29 is 22.6 Å². The van der Waals surface area contributed by atoms with Crippen molar-refractivity contribution in [2.24, 2.45) is 0 Å². The van der Waals surface area contributed by atoms with Crippen LogP contribution in [0.2, 0.25) is 0 Å². The third-order valence-corrected chi connectivity index (χ3v) is 3.51. The van der Waals surface area contributed by atoms with E-state index in [4.69, 9.17) is 9.47 Å². The van der Waals surface area contributed by atoms with E-state index in [0.29, 0.717) is 12.8 Å². The van der Waals surface area contributed by atoms with Gasteiger partial charge in [-0.1, -0.05) is 0 Å². The quantitative estimate of drug-likeness (QED) is 0.926. The smallest absolute Gasteiger partial charge is 0.420 e. The minimum atomic E-state index is -4.47. The van der Waals surface area contributed by atoms with Gasteiger partial charge in [-0.3, -0.25) is 0 Å². The Morgan fingerprint density at radius 2 is 1.85 bits per heavy atom. The van der Waals surface area contributed by atoms with Crippen molar-refractivity contribution in [3.8, 4) is 11.5 Å². The molecule has 0 aromatic heterocycles. The lowest BCUT2D eigenvalue weighted by Crippen LogP contribution is -2.44. The largest absolute Gasteiger partial charge is 0.497 e. The Hall–Kier alpha value is -1.43. The lowest BCUT2D eigenvalue weighted by Gasteiger charge is -2.35. The number of alkyl halides is 3. The molecule has 1 aliphatic rings. The highest BCUT2D eigenvalue weighted by Crippen LogP contribution is 2.40. The Morgan fingerprint density at radius 3 is 2.40 bits per heavy atom. The molecule has 1 heterocycles. The molecule has 0 spiro atoms. The summed E-state index contributed by atoms with van der Waals surface area (Å²) in [6.45, 7) is 3.33. The molecule has 1 N–H and O–H groups in total. The summed E-state index contributed by atoms with van der Waals surface area (Å²) < 4.78 is 49.8. The second-order valence-electron chi connectivity index (χ2n) is 5.16. The molecule has 20 heavy (non-hydrogen) atoms. The molecule has 112 valence electrons. The van der Waals surface area contributed by atoms with Gasteiger partial charge in [0.1, 0.15) is 22.7 Å². The van der Waals surface area contributed by atoms with Gasteiger partial charge < -0.3 is 14.8 Å². The molecule has 0 unspecified atom stereocenters. The molecular formula is C14H18F3NO2. The molecule has 1 aromatic carbocycles. The van der Waals surface area contributed by atoms with Gasteiger partial charge in [0.05, 0.1) is 7.11 Å². The summed E-state index contributed by atoms with van der Waals surface area (Å²) in [5.74, 6) is 0.0304. The lowest BCUT2D eigenvalue weighted by atomic mass is 9.94. The number of benzene rings is 1. The minimum absolute atomic E-state index is 0.136. The van der Waals surface area contributed by atoms with Gasteiger partial charge in [-0.15, -0.1) is 0 Å². The fourth-order valence-electron chi connectivity index (χ4n) is 2.27. The first-order valence-corrected chi connectivity index (χ1v) is 6.49.